The molecule has 0 aliphatic carbocycles. The topological polar surface area (TPSA) is 102 Å². The van der Waals surface area contributed by atoms with Gasteiger partial charge < -0.3 is 19.1 Å². The zero-order valence-corrected chi connectivity index (χ0v) is 17.6. The van der Waals surface area contributed by atoms with E-state index in [-0.39, 0.29) is 12.5 Å². The molecule has 9 nitrogen and oxygen atoms in total. The van der Waals surface area contributed by atoms with Gasteiger partial charge in [0.2, 0.25) is 0 Å². The van der Waals surface area contributed by atoms with E-state index in [1.807, 2.05) is 41.3 Å². The Morgan fingerprint density at radius 1 is 1.15 bits per heavy atom. The van der Waals surface area contributed by atoms with Crippen LogP contribution in [0.15, 0.2) is 71.8 Å². The lowest BCUT2D eigenvalue weighted by Gasteiger charge is -2.26. The Labute approximate surface area is 188 Å². The van der Waals surface area contributed by atoms with Crippen LogP contribution in [0.1, 0.15) is 27.5 Å². The number of rotatable bonds is 5. The molecule has 0 saturated carbocycles. The normalized spacial score (nSPS) is 13.3. The third kappa shape index (κ3) is 3.63. The summed E-state index contributed by atoms with van der Waals surface area (Å²) in [4.78, 5) is 22.3. The first-order valence-electron chi connectivity index (χ1n) is 10.7. The lowest BCUT2D eigenvalue weighted by molar-refractivity contribution is 0.0724. The average Bonchev–Trinajstić information content (AvgIpc) is 3.62. The summed E-state index contributed by atoms with van der Waals surface area (Å²) in [5.74, 6) is 1.02. The van der Waals surface area contributed by atoms with Crippen molar-refractivity contribution in [3.63, 3.8) is 0 Å². The van der Waals surface area contributed by atoms with Crippen LogP contribution in [-0.2, 0) is 19.6 Å². The van der Waals surface area contributed by atoms with Crippen LogP contribution in [-0.4, -0.2) is 42.3 Å². The number of nitrogens with zero attached hydrogens (tertiary/aromatic N) is 5. The second kappa shape index (κ2) is 7.94. The summed E-state index contributed by atoms with van der Waals surface area (Å²) in [6.45, 7) is 1.36. The molecule has 9 heteroatoms. The highest BCUT2D eigenvalue weighted by molar-refractivity contribution is 5.93. The summed E-state index contributed by atoms with van der Waals surface area (Å²) in [6.07, 6.45) is 3.90. The maximum Gasteiger partial charge on any atom is 0.276 e. The van der Waals surface area contributed by atoms with Crippen molar-refractivity contribution >= 4 is 16.8 Å². The van der Waals surface area contributed by atoms with E-state index in [1.165, 1.54) is 17.6 Å². The van der Waals surface area contributed by atoms with Crippen molar-refractivity contribution in [3.05, 3.63) is 90.0 Å². The van der Waals surface area contributed by atoms with Crippen molar-refractivity contribution in [2.75, 3.05) is 6.54 Å². The van der Waals surface area contributed by atoms with Crippen LogP contribution in [0.5, 0.6) is 5.75 Å². The highest BCUT2D eigenvalue weighted by atomic mass is 16.5. The van der Waals surface area contributed by atoms with Gasteiger partial charge in [0.25, 0.3) is 5.91 Å². The highest BCUT2D eigenvalue weighted by Crippen LogP contribution is 2.28. The molecule has 0 fully saturated rings. The fourth-order valence-corrected chi connectivity index (χ4v) is 4.17. The van der Waals surface area contributed by atoms with Crippen molar-refractivity contribution in [2.45, 2.75) is 19.6 Å². The Balaban J connectivity index is 1.11. The molecule has 0 spiro atoms. The second-order valence-electron chi connectivity index (χ2n) is 7.91. The van der Waals surface area contributed by atoms with Crippen LogP contribution in [0.4, 0.5) is 0 Å². The van der Waals surface area contributed by atoms with Crippen LogP contribution >= 0.6 is 0 Å². The molecule has 164 valence electrons. The molecule has 1 aliphatic heterocycles. The number of hydrogen-bond donors (Lipinski definition) is 1. The zero-order valence-electron chi connectivity index (χ0n) is 17.6. The molecule has 4 heterocycles. The number of carbonyl (C=O) groups excluding carboxylic acids is 1. The lowest BCUT2D eigenvalue weighted by Crippen LogP contribution is -2.36. The Hall–Kier alpha value is -4.40. The monoisotopic (exact) mass is 440 g/mol. The van der Waals surface area contributed by atoms with Crippen molar-refractivity contribution in [1.29, 1.82) is 0 Å². The summed E-state index contributed by atoms with van der Waals surface area (Å²) in [5.41, 5.74) is 4.65. The fraction of sp³-hybridized carbons (Fsp3) is 0.167. The Kier molecular flexibility index (Phi) is 4.64. The molecule has 33 heavy (non-hydrogen) atoms. The van der Waals surface area contributed by atoms with Crippen LogP contribution in [0.3, 0.4) is 0 Å². The number of benzene rings is 2. The molecule has 0 unspecified atom stereocenters. The molecule has 2 aromatic carbocycles. The number of para-hydroxylation sites is 1. The predicted molar refractivity (Wildman–Crippen MR) is 119 cm³/mol. The Bertz CT molecular complexity index is 1420. The first-order valence-corrected chi connectivity index (χ1v) is 10.7. The molecular weight excluding hydrogens is 420 g/mol. The van der Waals surface area contributed by atoms with Crippen molar-refractivity contribution in [2.24, 2.45) is 0 Å². The maximum atomic E-state index is 13.0. The quantitative estimate of drug-likeness (QED) is 0.449. The molecule has 1 aliphatic rings. The highest BCUT2D eigenvalue weighted by Gasteiger charge is 2.26. The minimum Gasteiger partial charge on any atom is -0.486 e. The van der Waals surface area contributed by atoms with Crippen LogP contribution in [0, 0.1) is 0 Å². The van der Waals surface area contributed by atoms with Crippen molar-refractivity contribution in [1.82, 2.24) is 29.8 Å². The molecule has 0 saturated heterocycles. The minimum atomic E-state index is -0.141. The molecule has 3 aromatic heterocycles. The van der Waals surface area contributed by atoms with Crippen LogP contribution in [0.2, 0.25) is 0 Å². The number of H-pyrrole nitrogens is 1. The van der Waals surface area contributed by atoms with Gasteiger partial charge in [0.15, 0.2) is 11.5 Å². The number of hydrogen-bond acceptors (Lipinski definition) is 6. The molecule has 0 atom stereocenters. The third-order valence-corrected chi connectivity index (χ3v) is 5.85. The summed E-state index contributed by atoms with van der Waals surface area (Å²) in [6, 6.07) is 17.3. The van der Waals surface area contributed by atoms with E-state index in [0.29, 0.717) is 30.3 Å². The van der Waals surface area contributed by atoms with E-state index in [0.717, 1.165) is 23.0 Å². The van der Waals surface area contributed by atoms with Gasteiger partial charge in [0.05, 0.1) is 5.69 Å². The molecule has 5 aromatic rings. The van der Waals surface area contributed by atoms with Gasteiger partial charge in [-0.05, 0) is 30.3 Å². The second-order valence-corrected chi connectivity index (χ2v) is 7.91. The van der Waals surface area contributed by atoms with E-state index in [9.17, 15) is 4.79 Å². The number of aromatic nitrogens is 5. The molecule has 0 bridgehead atoms. The fourth-order valence-electron chi connectivity index (χ4n) is 4.17. The third-order valence-electron chi connectivity index (χ3n) is 5.85. The van der Waals surface area contributed by atoms with Crippen molar-refractivity contribution in [3.8, 4) is 11.4 Å². The average molecular weight is 440 g/mol. The van der Waals surface area contributed by atoms with Gasteiger partial charge in [-0.15, -0.1) is 0 Å². The van der Waals surface area contributed by atoms with E-state index < -0.39 is 0 Å². The van der Waals surface area contributed by atoms with Crippen molar-refractivity contribution < 1.29 is 14.1 Å². The smallest absolute Gasteiger partial charge is 0.276 e. The number of fused-ring (bicyclic) bond motifs is 3. The molecule has 6 rings (SSSR count). The molecule has 0 radical (unpaired) electrons. The van der Waals surface area contributed by atoms with Crippen LogP contribution < -0.4 is 4.74 Å². The lowest BCUT2D eigenvalue weighted by atomic mass is 10.0. The Morgan fingerprint density at radius 3 is 2.88 bits per heavy atom. The Morgan fingerprint density at radius 2 is 2.03 bits per heavy atom. The van der Waals surface area contributed by atoms with Gasteiger partial charge in [-0.2, -0.15) is 5.10 Å². The molecule has 1 amide bonds. The summed E-state index contributed by atoms with van der Waals surface area (Å²) in [5, 5.41) is 9.24. The van der Waals surface area contributed by atoms with Gasteiger partial charge >= 0.3 is 0 Å². The SMILES string of the molecule is O=C(c1cc(COc2ccc(-n3cncn3)cc2)on1)N1CCc2[nH]c3ccccc3c2C1. The van der Waals surface area contributed by atoms with Crippen LogP contribution in [0.25, 0.3) is 16.6 Å². The standard InChI is InChI=1S/C24H20N6O3/c31-24(29-10-9-22-20(12-29)19-3-1-2-4-21(19)27-22)23-11-18(33-28-23)13-32-17-7-5-16(6-8-17)30-15-25-14-26-30/h1-8,11,14-15,27H,9-10,12-13H2. The zero-order chi connectivity index (χ0) is 22.2. The summed E-state index contributed by atoms with van der Waals surface area (Å²) in [7, 11) is 0. The predicted octanol–water partition coefficient (Wildman–Crippen LogP) is 3.51. The number of aromatic amines is 1. The van der Waals surface area contributed by atoms with E-state index in [4.69, 9.17) is 9.26 Å². The minimum absolute atomic E-state index is 0.141. The van der Waals surface area contributed by atoms with Gasteiger partial charge in [0, 0.05) is 47.7 Å². The molecular formula is C24H20N6O3. The summed E-state index contributed by atoms with van der Waals surface area (Å²) >= 11 is 0. The number of amides is 1. The number of ether oxygens (including phenoxy) is 1. The molecule has 1 N–H and O–H groups in total. The van der Waals surface area contributed by atoms with E-state index in [2.05, 4.69) is 32.4 Å². The number of nitrogens with one attached hydrogen (secondary N) is 1. The van der Waals surface area contributed by atoms with E-state index >= 15 is 0 Å². The van der Waals surface area contributed by atoms with Gasteiger partial charge in [-0.25, -0.2) is 9.67 Å². The van der Waals surface area contributed by atoms with Gasteiger partial charge in [-0.3, -0.25) is 4.79 Å². The first kappa shape index (κ1) is 19.3. The largest absolute Gasteiger partial charge is 0.486 e. The van der Waals surface area contributed by atoms with E-state index in [1.54, 1.807) is 17.1 Å². The number of carbonyl (C=O) groups is 1. The van der Waals surface area contributed by atoms with Gasteiger partial charge in [-0.1, -0.05) is 23.4 Å². The van der Waals surface area contributed by atoms with Gasteiger partial charge in [0.1, 0.15) is 25.0 Å². The first-order chi connectivity index (χ1) is 16.2. The summed E-state index contributed by atoms with van der Waals surface area (Å²) < 4.78 is 12.8. The maximum absolute atomic E-state index is 13.0.